The molecule has 0 aliphatic heterocycles. The van der Waals surface area contributed by atoms with Gasteiger partial charge in [-0.05, 0) is 25.3 Å². The highest BCUT2D eigenvalue weighted by Gasteiger charge is 2.27. The Labute approximate surface area is 79.6 Å². The molecular weight excluding hydrogens is 166 g/mol. The van der Waals surface area contributed by atoms with Crippen LogP contribution >= 0.6 is 0 Å². The van der Waals surface area contributed by atoms with Gasteiger partial charge in [0.25, 0.3) is 0 Å². The highest BCUT2D eigenvalue weighted by atomic mass is 28.2. The normalized spacial score (nSPS) is 17.8. The zero-order valence-electron chi connectivity index (χ0n) is 9.32. The number of hydrogen-bond donors (Lipinski definition) is 1. The van der Waals surface area contributed by atoms with E-state index in [0.717, 1.165) is 23.5 Å². The van der Waals surface area contributed by atoms with Gasteiger partial charge in [-0.3, -0.25) is 5.32 Å². The van der Waals surface area contributed by atoms with Crippen molar-refractivity contribution in [2.45, 2.75) is 46.8 Å². The lowest BCUT2D eigenvalue weighted by molar-refractivity contribution is 0.0218. The van der Waals surface area contributed by atoms with Crippen LogP contribution in [0, 0.1) is 5.41 Å². The molecule has 1 atom stereocenters. The highest BCUT2D eigenvalue weighted by molar-refractivity contribution is 5.98. The molecule has 0 radical (unpaired) electrons. The summed E-state index contributed by atoms with van der Waals surface area (Å²) in [6.07, 6.45) is 1.05. The van der Waals surface area contributed by atoms with Gasteiger partial charge in [-0.15, -0.1) is 0 Å². The molecule has 0 aromatic rings. The Morgan fingerprint density at radius 2 is 1.75 bits per heavy atom. The van der Waals surface area contributed by atoms with E-state index >= 15 is 0 Å². The minimum Gasteiger partial charge on any atom is -0.411 e. The van der Waals surface area contributed by atoms with Crippen LogP contribution in [0.5, 0.6) is 0 Å². The maximum atomic E-state index is 5.58. The van der Waals surface area contributed by atoms with Crippen LogP contribution < -0.4 is 5.32 Å². The highest BCUT2D eigenvalue weighted by Crippen LogP contribution is 2.27. The van der Waals surface area contributed by atoms with Crippen LogP contribution in [0.25, 0.3) is 0 Å². The summed E-state index contributed by atoms with van der Waals surface area (Å²) in [5, 5.41) is 3.38. The SMILES string of the molecule is CCNC(C)(CC(C)(C)C)O[SiH3]. The third-order valence-electron chi connectivity index (χ3n) is 1.87. The topological polar surface area (TPSA) is 21.3 Å². The molecule has 0 bridgehead atoms. The van der Waals surface area contributed by atoms with Crippen LogP contribution in [-0.4, -0.2) is 22.8 Å². The first-order chi connectivity index (χ1) is 5.33. The molecule has 12 heavy (non-hydrogen) atoms. The first-order valence-electron chi connectivity index (χ1n) is 4.63. The number of hydrogen-bond acceptors (Lipinski definition) is 2. The van der Waals surface area contributed by atoms with E-state index in [9.17, 15) is 0 Å². The van der Waals surface area contributed by atoms with Crippen molar-refractivity contribution in [3.05, 3.63) is 0 Å². The summed E-state index contributed by atoms with van der Waals surface area (Å²) in [4.78, 5) is 0. The summed E-state index contributed by atoms with van der Waals surface area (Å²) in [7, 11) is 0.792. The predicted octanol–water partition coefficient (Wildman–Crippen LogP) is 1.05. The van der Waals surface area contributed by atoms with E-state index in [4.69, 9.17) is 4.43 Å². The third kappa shape index (κ3) is 4.90. The monoisotopic (exact) mass is 189 g/mol. The van der Waals surface area contributed by atoms with E-state index in [1.165, 1.54) is 0 Å². The summed E-state index contributed by atoms with van der Waals surface area (Å²) in [6.45, 7) is 11.9. The summed E-state index contributed by atoms with van der Waals surface area (Å²) in [6, 6.07) is 0. The maximum absolute atomic E-state index is 5.58. The quantitative estimate of drug-likeness (QED) is 0.527. The summed E-state index contributed by atoms with van der Waals surface area (Å²) in [5.41, 5.74) is 0.209. The van der Waals surface area contributed by atoms with Gasteiger partial charge < -0.3 is 4.43 Å². The molecule has 0 amide bonds. The van der Waals surface area contributed by atoms with Gasteiger partial charge in [0.05, 0.1) is 0 Å². The van der Waals surface area contributed by atoms with E-state index < -0.39 is 0 Å². The van der Waals surface area contributed by atoms with Gasteiger partial charge in [0.1, 0.15) is 16.2 Å². The molecule has 0 heterocycles. The molecule has 0 saturated heterocycles. The van der Waals surface area contributed by atoms with Gasteiger partial charge in [-0.2, -0.15) is 0 Å². The second-order valence-electron chi connectivity index (χ2n) is 4.70. The molecule has 1 unspecified atom stereocenters. The van der Waals surface area contributed by atoms with E-state index in [2.05, 4.69) is 39.9 Å². The fourth-order valence-corrected chi connectivity index (χ4v) is 1.88. The van der Waals surface area contributed by atoms with Crippen LogP contribution in [0.1, 0.15) is 41.0 Å². The molecule has 0 aliphatic rings. The van der Waals surface area contributed by atoms with Crippen LogP contribution in [0.4, 0.5) is 0 Å². The van der Waals surface area contributed by atoms with Crippen LogP contribution in [0.3, 0.4) is 0 Å². The molecule has 2 nitrogen and oxygen atoms in total. The number of nitrogens with one attached hydrogen (secondary N) is 1. The molecule has 1 N–H and O–H groups in total. The predicted molar refractivity (Wildman–Crippen MR) is 57.2 cm³/mol. The lowest BCUT2D eigenvalue weighted by Gasteiger charge is -2.35. The van der Waals surface area contributed by atoms with Gasteiger partial charge in [0.2, 0.25) is 0 Å². The molecule has 0 aromatic carbocycles. The summed E-state index contributed by atoms with van der Waals surface area (Å²) >= 11 is 0. The molecule has 0 aromatic heterocycles. The summed E-state index contributed by atoms with van der Waals surface area (Å²) < 4.78 is 5.58. The molecule has 0 fully saturated rings. The Bertz CT molecular complexity index is 133. The van der Waals surface area contributed by atoms with Crippen molar-refractivity contribution < 1.29 is 4.43 Å². The van der Waals surface area contributed by atoms with E-state index in [1.807, 2.05) is 0 Å². The maximum Gasteiger partial charge on any atom is 0.148 e. The largest absolute Gasteiger partial charge is 0.411 e. The zero-order valence-corrected chi connectivity index (χ0v) is 11.3. The number of rotatable bonds is 4. The van der Waals surface area contributed by atoms with Crippen molar-refractivity contribution in [3.8, 4) is 0 Å². The fourth-order valence-electron chi connectivity index (χ4n) is 1.59. The molecule has 0 spiro atoms. The molecule has 3 heteroatoms. The zero-order chi connectivity index (χ0) is 9.83. The van der Waals surface area contributed by atoms with Gasteiger partial charge in [-0.1, -0.05) is 27.7 Å². The van der Waals surface area contributed by atoms with Crippen molar-refractivity contribution in [2.24, 2.45) is 5.41 Å². The molecule has 0 aliphatic carbocycles. The first kappa shape index (κ1) is 12.1. The van der Waals surface area contributed by atoms with E-state index in [-0.39, 0.29) is 5.72 Å². The molecule has 0 saturated carbocycles. The van der Waals surface area contributed by atoms with Gasteiger partial charge >= 0.3 is 0 Å². The first-order valence-corrected chi connectivity index (χ1v) is 5.45. The Morgan fingerprint density at radius 3 is 2.00 bits per heavy atom. The van der Waals surface area contributed by atoms with Crippen LogP contribution in [-0.2, 0) is 4.43 Å². The minimum absolute atomic E-state index is 0.112. The molecule has 74 valence electrons. The van der Waals surface area contributed by atoms with Crippen molar-refractivity contribution >= 4 is 10.5 Å². The lowest BCUT2D eigenvalue weighted by atomic mass is 9.87. The Kier molecular flexibility index (Phi) is 4.44. The lowest BCUT2D eigenvalue weighted by Crippen LogP contribution is -2.46. The van der Waals surface area contributed by atoms with Crippen molar-refractivity contribution in [2.75, 3.05) is 6.54 Å². The Morgan fingerprint density at radius 1 is 1.25 bits per heavy atom. The average molecular weight is 189 g/mol. The Hall–Kier alpha value is 0.137. The molecule has 0 rings (SSSR count). The fraction of sp³-hybridized carbons (Fsp3) is 1.00. The van der Waals surface area contributed by atoms with Crippen molar-refractivity contribution in [1.29, 1.82) is 0 Å². The summed E-state index contributed by atoms with van der Waals surface area (Å²) in [5.74, 6) is 0. The van der Waals surface area contributed by atoms with Crippen molar-refractivity contribution in [3.63, 3.8) is 0 Å². The van der Waals surface area contributed by atoms with Gasteiger partial charge in [0, 0.05) is 0 Å². The third-order valence-corrected chi connectivity index (χ3v) is 2.77. The van der Waals surface area contributed by atoms with Gasteiger partial charge in [-0.25, -0.2) is 0 Å². The van der Waals surface area contributed by atoms with Crippen molar-refractivity contribution in [1.82, 2.24) is 5.32 Å². The van der Waals surface area contributed by atoms with Crippen LogP contribution in [0.2, 0.25) is 0 Å². The smallest absolute Gasteiger partial charge is 0.148 e. The second-order valence-corrected chi connectivity index (χ2v) is 5.11. The van der Waals surface area contributed by atoms with Crippen LogP contribution in [0.15, 0.2) is 0 Å². The molecular formula is C9H23NOSi. The Balaban J connectivity index is 4.14. The average Bonchev–Trinajstić information content (AvgIpc) is 1.84. The second kappa shape index (κ2) is 4.39. The van der Waals surface area contributed by atoms with E-state index in [1.54, 1.807) is 0 Å². The minimum atomic E-state index is -0.112. The van der Waals surface area contributed by atoms with E-state index in [0.29, 0.717) is 5.41 Å². The standard InChI is InChI=1S/C9H23NOSi/c1-6-10-9(5,11-12)7-8(2,3)4/h10H,6-7H2,1-5,12H3. The van der Waals surface area contributed by atoms with Gasteiger partial charge in [0.15, 0.2) is 0 Å².